The monoisotopic (exact) mass is 573 g/mol. The lowest BCUT2D eigenvalue weighted by molar-refractivity contribution is 0.0926. The van der Waals surface area contributed by atoms with Crippen molar-refractivity contribution in [3.05, 3.63) is 101 Å². The van der Waals surface area contributed by atoms with Gasteiger partial charge in [-0.25, -0.2) is 15.5 Å². The SMILES string of the molecule is COc1ccc2cc(-c3c(Oc4ccc(C(=O)NC5NN=NN5)cc4)cnn3-c3cc(Cl)cc(Cl)c3)ccc2c1. The number of ether oxygens (including phenoxy) is 2. The van der Waals surface area contributed by atoms with Crippen LogP contribution in [0.25, 0.3) is 27.7 Å². The van der Waals surface area contributed by atoms with Crippen molar-refractivity contribution < 1.29 is 14.3 Å². The molecule has 4 aromatic carbocycles. The standard InChI is InChI=1S/C28H21Cl2N7O3/c1-39-24-9-6-17-10-19(3-2-18(17)11-24)26-25(15-31-37(26)22-13-20(29)12-21(30)14-22)40-23-7-4-16(5-8-23)27(38)32-28-33-35-36-34-28/h2-15,28H,1H3,(H,32,38)(H,33,36)(H,34,35). The maximum absolute atomic E-state index is 12.5. The smallest absolute Gasteiger partial charge is 0.254 e. The minimum atomic E-state index is -0.570. The number of nitrogens with zero attached hydrogens (tertiary/aromatic N) is 4. The van der Waals surface area contributed by atoms with E-state index < -0.39 is 6.29 Å². The van der Waals surface area contributed by atoms with Crippen LogP contribution in [0.3, 0.4) is 0 Å². The summed E-state index contributed by atoms with van der Waals surface area (Å²) in [5.41, 5.74) is 7.93. The molecule has 3 N–H and O–H groups in total. The Labute approximate surface area is 238 Å². The molecule has 10 nitrogen and oxygen atoms in total. The van der Waals surface area contributed by atoms with E-state index in [9.17, 15) is 4.79 Å². The molecule has 1 amide bonds. The van der Waals surface area contributed by atoms with E-state index in [1.165, 1.54) is 0 Å². The van der Waals surface area contributed by atoms with E-state index in [2.05, 4.69) is 37.8 Å². The molecule has 2 heterocycles. The van der Waals surface area contributed by atoms with E-state index in [1.807, 2.05) is 30.3 Å². The largest absolute Gasteiger partial charge is 0.497 e. The Bertz CT molecular complexity index is 1730. The fourth-order valence-corrected chi connectivity index (χ4v) is 4.82. The van der Waals surface area contributed by atoms with Gasteiger partial charge in [0, 0.05) is 21.2 Å². The number of aromatic nitrogens is 2. The third-order valence-corrected chi connectivity index (χ3v) is 6.63. The molecule has 0 atom stereocenters. The highest BCUT2D eigenvalue weighted by molar-refractivity contribution is 6.34. The van der Waals surface area contributed by atoms with Crippen molar-refractivity contribution in [2.45, 2.75) is 6.29 Å². The summed E-state index contributed by atoms with van der Waals surface area (Å²) in [5.74, 6) is 1.50. The maximum Gasteiger partial charge on any atom is 0.254 e. The number of carbonyl (C=O) groups excluding carboxylic acids is 1. The van der Waals surface area contributed by atoms with E-state index in [0.717, 1.165) is 22.1 Å². The first-order valence-corrected chi connectivity index (χ1v) is 12.8. The Morgan fingerprint density at radius 1 is 0.875 bits per heavy atom. The number of fused-ring (bicyclic) bond motifs is 1. The molecule has 0 spiro atoms. The van der Waals surface area contributed by atoms with Gasteiger partial charge in [0.15, 0.2) is 5.75 Å². The van der Waals surface area contributed by atoms with Crippen molar-refractivity contribution >= 4 is 39.9 Å². The molecule has 12 heteroatoms. The normalized spacial score (nSPS) is 12.7. The van der Waals surface area contributed by atoms with Crippen LogP contribution in [0, 0.1) is 0 Å². The second kappa shape index (κ2) is 10.8. The predicted octanol–water partition coefficient (Wildman–Crippen LogP) is 6.29. The Kier molecular flexibility index (Phi) is 6.85. The zero-order valence-corrected chi connectivity index (χ0v) is 22.4. The highest BCUT2D eigenvalue weighted by Crippen LogP contribution is 2.38. The predicted molar refractivity (Wildman–Crippen MR) is 152 cm³/mol. The third kappa shape index (κ3) is 5.22. The fraction of sp³-hybridized carbons (Fsp3) is 0.0714. The number of nitrogens with one attached hydrogen (secondary N) is 3. The van der Waals surface area contributed by atoms with Gasteiger partial charge in [0.25, 0.3) is 5.91 Å². The number of amides is 1. The van der Waals surface area contributed by atoms with Gasteiger partial charge in [0.2, 0.25) is 6.29 Å². The number of hydrogen-bond acceptors (Lipinski definition) is 8. The molecule has 200 valence electrons. The second-order valence-corrected chi connectivity index (χ2v) is 9.69. The molecule has 0 aliphatic carbocycles. The summed E-state index contributed by atoms with van der Waals surface area (Å²) in [7, 11) is 1.64. The Hall–Kier alpha value is -4.80. The Morgan fingerprint density at radius 3 is 2.27 bits per heavy atom. The quantitative estimate of drug-likeness (QED) is 0.211. The van der Waals surface area contributed by atoms with E-state index in [1.54, 1.807) is 60.5 Å². The van der Waals surface area contributed by atoms with Crippen LogP contribution in [0.15, 0.2) is 95.5 Å². The van der Waals surface area contributed by atoms with Crippen molar-refractivity contribution in [2.75, 3.05) is 7.11 Å². The van der Waals surface area contributed by atoms with Crippen LogP contribution in [0.5, 0.6) is 17.2 Å². The molecular weight excluding hydrogens is 553 g/mol. The molecule has 5 aromatic rings. The minimum Gasteiger partial charge on any atom is -0.497 e. The fourth-order valence-electron chi connectivity index (χ4n) is 4.31. The van der Waals surface area contributed by atoms with E-state index >= 15 is 0 Å². The lowest BCUT2D eigenvalue weighted by atomic mass is 10.0. The average Bonchev–Trinajstić information content (AvgIpc) is 3.62. The molecule has 0 radical (unpaired) electrons. The summed E-state index contributed by atoms with van der Waals surface area (Å²) in [6, 6.07) is 23.9. The molecule has 40 heavy (non-hydrogen) atoms. The van der Waals surface area contributed by atoms with E-state index in [-0.39, 0.29) is 5.91 Å². The lowest BCUT2D eigenvalue weighted by Crippen LogP contribution is -2.47. The average molecular weight is 574 g/mol. The van der Waals surface area contributed by atoms with Gasteiger partial charge in [-0.05, 0) is 71.4 Å². The number of rotatable bonds is 7. The van der Waals surface area contributed by atoms with Gasteiger partial charge in [-0.15, -0.1) is 0 Å². The van der Waals surface area contributed by atoms with Crippen molar-refractivity contribution in [1.82, 2.24) is 25.9 Å². The third-order valence-electron chi connectivity index (χ3n) is 6.19. The van der Waals surface area contributed by atoms with Gasteiger partial charge in [0.1, 0.15) is 17.2 Å². The molecule has 6 rings (SSSR count). The molecule has 0 fully saturated rings. The number of carbonyl (C=O) groups is 1. The van der Waals surface area contributed by atoms with Gasteiger partial charge in [-0.1, -0.05) is 51.8 Å². The van der Waals surface area contributed by atoms with Gasteiger partial charge in [-0.2, -0.15) is 5.10 Å². The van der Waals surface area contributed by atoms with Crippen LogP contribution in [0.4, 0.5) is 0 Å². The number of halogens is 2. The van der Waals surface area contributed by atoms with Crippen molar-refractivity contribution in [1.29, 1.82) is 0 Å². The maximum atomic E-state index is 12.5. The lowest BCUT2D eigenvalue weighted by Gasteiger charge is -2.13. The summed E-state index contributed by atoms with van der Waals surface area (Å²) in [6.45, 7) is 0. The molecule has 0 saturated heterocycles. The molecule has 0 unspecified atom stereocenters. The summed E-state index contributed by atoms with van der Waals surface area (Å²) >= 11 is 12.6. The van der Waals surface area contributed by atoms with Crippen molar-refractivity contribution in [2.24, 2.45) is 10.4 Å². The van der Waals surface area contributed by atoms with Crippen LogP contribution in [-0.4, -0.2) is 29.1 Å². The van der Waals surface area contributed by atoms with E-state index in [0.29, 0.717) is 38.5 Å². The Balaban J connectivity index is 1.36. The molecule has 1 aliphatic heterocycles. The first-order valence-electron chi connectivity index (χ1n) is 12.1. The molecule has 1 aliphatic rings. The van der Waals surface area contributed by atoms with Crippen molar-refractivity contribution in [3.8, 4) is 34.2 Å². The summed E-state index contributed by atoms with van der Waals surface area (Å²) in [4.78, 5) is 12.5. The molecule has 1 aromatic heterocycles. The van der Waals surface area contributed by atoms with Gasteiger partial charge in [0.05, 0.1) is 19.0 Å². The highest BCUT2D eigenvalue weighted by Gasteiger charge is 2.19. The van der Waals surface area contributed by atoms with Crippen LogP contribution in [-0.2, 0) is 0 Å². The first-order chi connectivity index (χ1) is 19.5. The Morgan fingerprint density at radius 2 is 1.55 bits per heavy atom. The number of benzene rings is 4. The number of methoxy groups -OCH3 is 1. The zero-order valence-electron chi connectivity index (χ0n) is 20.9. The minimum absolute atomic E-state index is 0.303. The summed E-state index contributed by atoms with van der Waals surface area (Å²) in [5, 5.41) is 17.5. The molecule has 0 saturated carbocycles. The van der Waals surface area contributed by atoms with Crippen LogP contribution in [0.1, 0.15) is 10.4 Å². The van der Waals surface area contributed by atoms with E-state index in [4.69, 9.17) is 32.7 Å². The topological polar surface area (TPSA) is 114 Å². The van der Waals surface area contributed by atoms with Gasteiger partial charge >= 0.3 is 0 Å². The number of hydrogen-bond donors (Lipinski definition) is 3. The van der Waals surface area contributed by atoms with Crippen LogP contribution in [0.2, 0.25) is 10.0 Å². The van der Waals surface area contributed by atoms with Gasteiger partial charge in [-0.3, -0.25) is 4.79 Å². The zero-order chi connectivity index (χ0) is 27.6. The van der Waals surface area contributed by atoms with Crippen LogP contribution < -0.4 is 25.6 Å². The summed E-state index contributed by atoms with van der Waals surface area (Å²) < 4.78 is 13.4. The molecular formula is C28H21Cl2N7O3. The second-order valence-electron chi connectivity index (χ2n) is 8.82. The van der Waals surface area contributed by atoms with Crippen molar-refractivity contribution in [3.63, 3.8) is 0 Å². The van der Waals surface area contributed by atoms with Crippen LogP contribution >= 0.6 is 23.2 Å². The summed E-state index contributed by atoms with van der Waals surface area (Å²) in [6.07, 6.45) is 1.06. The molecule has 0 bridgehead atoms. The highest BCUT2D eigenvalue weighted by atomic mass is 35.5. The first kappa shape index (κ1) is 25.5. The van der Waals surface area contributed by atoms with Gasteiger partial charge < -0.3 is 14.8 Å².